The zero-order valence-corrected chi connectivity index (χ0v) is 11.7. The summed E-state index contributed by atoms with van der Waals surface area (Å²) in [6.07, 6.45) is -0.367. The van der Waals surface area contributed by atoms with Gasteiger partial charge in [0.1, 0.15) is 0 Å². The normalized spacial score (nSPS) is 13.2. The highest BCUT2D eigenvalue weighted by Gasteiger charge is 2.41. The zero-order valence-electron chi connectivity index (χ0n) is 11.7. The van der Waals surface area contributed by atoms with Crippen LogP contribution in [0.25, 0.3) is 0 Å². The molecule has 4 nitrogen and oxygen atoms in total. The van der Waals surface area contributed by atoms with E-state index in [1.807, 2.05) is 0 Å². The smallest absolute Gasteiger partial charge is 0.343 e. The van der Waals surface area contributed by atoms with E-state index in [0.29, 0.717) is 11.1 Å². The van der Waals surface area contributed by atoms with Crippen LogP contribution in [0.3, 0.4) is 0 Å². The number of carbonyl (C=O) groups excluding carboxylic acids is 2. The number of benzene rings is 2. The van der Waals surface area contributed by atoms with Crippen molar-refractivity contribution in [1.82, 2.24) is 0 Å². The molecule has 0 radical (unpaired) electrons. The summed E-state index contributed by atoms with van der Waals surface area (Å²) in [6.45, 7) is 0. The van der Waals surface area contributed by atoms with Gasteiger partial charge in [-0.25, -0.2) is 4.79 Å². The molecule has 0 saturated carbocycles. The highest BCUT2D eigenvalue weighted by atomic mass is 16.5. The SMILES string of the molecule is COC(=O)[C@](O)(CC(=O)c1ccccc1)c1ccccc1. The molecule has 0 aliphatic heterocycles. The number of hydrogen-bond acceptors (Lipinski definition) is 4. The third-order valence-corrected chi connectivity index (χ3v) is 3.29. The fourth-order valence-corrected chi connectivity index (χ4v) is 2.13. The van der Waals surface area contributed by atoms with Crippen LogP contribution in [0, 0.1) is 0 Å². The largest absolute Gasteiger partial charge is 0.467 e. The van der Waals surface area contributed by atoms with Crippen molar-refractivity contribution < 1.29 is 19.4 Å². The molecular formula is C17H16O4. The van der Waals surface area contributed by atoms with E-state index in [9.17, 15) is 14.7 Å². The minimum Gasteiger partial charge on any atom is -0.467 e. The van der Waals surface area contributed by atoms with E-state index in [4.69, 9.17) is 0 Å². The second-order valence-electron chi connectivity index (χ2n) is 4.68. The van der Waals surface area contributed by atoms with Crippen molar-refractivity contribution in [3.05, 3.63) is 71.8 Å². The van der Waals surface area contributed by atoms with E-state index in [2.05, 4.69) is 4.74 Å². The van der Waals surface area contributed by atoms with Crippen molar-refractivity contribution in [2.75, 3.05) is 7.11 Å². The van der Waals surface area contributed by atoms with Gasteiger partial charge in [0.25, 0.3) is 0 Å². The van der Waals surface area contributed by atoms with Crippen LogP contribution in [-0.4, -0.2) is 24.0 Å². The van der Waals surface area contributed by atoms with Crippen molar-refractivity contribution in [3.8, 4) is 0 Å². The Labute approximate surface area is 123 Å². The van der Waals surface area contributed by atoms with E-state index in [0.717, 1.165) is 0 Å². The first kappa shape index (κ1) is 14.9. The zero-order chi connectivity index (χ0) is 15.3. The predicted molar refractivity (Wildman–Crippen MR) is 77.7 cm³/mol. The maximum Gasteiger partial charge on any atom is 0.343 e. The molecule has 0 aromatic heterocycles. The Morgan fingerprint density at radius 3 is 2.05 bits per heavy atom. The van der Waals surface area contributed by atoms with E-state index >= 15 is 0 Å². The number of ketones is 1. The summed E-state index contributed by atoms with van der Waals surface area (Å²) in [7, 11) is 1.18. The molecule has 0 aliphatic carbocycles. The summed E-state index contributed by atoms with van der Waals surface area (Å²) < 4.78 is 4.67. The lowest BCUT2D eigenvalue weighted by atomic mass is 9.87. The molecule has 2 aromatic carbocycles. The van der Waals surface area contributed by atoms with E-state index in [1.165, 1.54) is 7.11 Å². The van der Waals surface area contributed by atoms with Gasteiger partial charge in [0.05, 0.1) is 13.5 Å². The molecule has 1 N–H and O–H groups in total. The van der Waals surface area contributed by atoms with Crippen molar-refractivity contribution >= 4 is 11.8 Å². The average molecular weight is 284 g/mol. The van der Waals surface area contributed by atoms with Crippen LogP contribution < -0.4 is 0 Å². The van der Waals surface area contributed by atoms with Crippen LogP contribution in [0.1, 0.15) is 22.3 Å². The Hall–Kier alpha value is -2.46. The lowest BCUT2D eigenvalue weighted by Gasteiger charge is -2.25. The predicted octanol–water partition coefficient (Wildman–Crippen LogP) is 2.32. The van der Waals surface area contributed by atoms with Gasteiger partial charge < -0.3 is 9.84 Å². The molecule has 2 rings (SSSR count). The van der Waals surface area contributed by atoms with Gasteiger partial charge in [-0.3, -0.25) is 4.79 Å². The third-order valence-electron chi connectivity index (χ3n) is 3.29. The van der Waals surface area contributed by atoms with Crippen molar-refractivity contribution in [2.24, 2.45) is 0 Å². The number of Topliss-reactive ketones (excluding diaryl/α,β-unsaturated/α-hetero) is 1. The summed E-state index contributed by atoms with van der Waals surface area (Å²) in [6, 6.07) is 16.9. The number of aliphatic hydroxyl groups is 1. The third kappa shape index (κ3) is 3.17. The van der Waals surface area contributed by atoms with E-state index in [1.54, 1.807) is 60.7 Å². The maximum atomic E-state index is 12.3. The number of carbonyl (C=O) groups is 2. The molecule has 0 aliphatic rings. The van der Waals surface area contributed by atoms with Crippen molar-refractivity contribution in [1.29, 1.82) is 0 Å². The molecule has 0 amide bonds. The quantitative estimate of drug-likeness (QED) is 0.676. The molecule has 0 spiro atoms. The summed E-state index contributed by atoms with van der Waals surface area (Å²) in [5, 5.41) is 10.7. The fourth-order valence-electron chi connectivity index (χ4n) is 2.13. The minimum absolute atomic E-state index is 0.327. The van der Waals surface area contributed by atoms with Gasteiger partial charge in [-0.1, -0.05) is 60.7 Å². The molecule has 4 heteroatoms. The molecule has 2 aromatic rings. The molecule has 0 heterocycles. The summed E-state index contributed by atoms with van der Waals surface area (Å²) in [4.78, 5) is 24.3. The number of esters is 1. The number of hydrogen-bond donors (Lipinski definition) is 1. The van der Waals surface area contributed by atoms with Gasteiger partial charge >= 0.3 is 5.97 Å². The minimum atomic E-state index is -1.98. The van der Waals surface area contributed by atoms with E-state index < -0.39 is 11.6 Å². The van der Waals surface area contributed by atoms with Gasteiger partial charge in [-0.15, -0.1) is 0 Å². The Kier molecular flexibility index (Phi) is 4.50. The van der Waals surface area contributed by atoms with Crippen LogP contribution in [0.5, 0.6) is 0 Å². The highest BCUT2D eigenvalue weighted by Crippen LogP contribution is 2.28. The number of ether oxygens (including phenoxy) is 1. The second kappa shape index (κ2) is 6.33. The Morgan fingerprint density at radius 2 is 1.52 bits per heavy atom. The summed E-state index contributed by atoms with van der Waals surface area (Å²) >= 11 is 0. The van der Waals surface area contributed by atoms with Crippen LogP contribution in [0.15, 0.2) is 60.7 Å². The Balaban J connectivity index is 2.34. The van der Waals surface area contributed by atoms with Crippen LogP contribution in [-0.2, 0) is 15.1 Å². The lowest BCUT2D eigenvalue weighted by molar-refractivity contribution is -0.163. The summed E-state index contributed by atoms with van der Waals surface area (Å²) in [5.41, 5.74) is -1.21. The van der Waals surface area contributed by atoms with Gasteiger partial charge in [0.15, 0.2) is 11.4 Å². The summed E-state index contributed by atoms with van der Waals surface area (Å²) in [5.74, 6) is -1.18. The molecule has 0 bridgehead atoms. The molecule has 108 valence electrons. The van der Waals surface area contributed by atoms with Crippen molar-refractivity contribution in [3.63, 3.8) is 0 Å². The first-order chi connectivity index (χ1) is 10.1. The van der Waals surface area contributed by atoms with Gasteiger partial charge in [0.2, 0.25) is 0 Å². The molecule has 0 fully saturated rings. The van der Waals surface area contributed by atoms with Crippen LogP contribution in [0.2, 0.25) is 0 Å². The maximum absolute atomic E-state index is 12.3. The molecule has 0 saturated heterocycles. The lowest BCUT2D eigenvalue weighted by Crippen LogP contribution is -2.39. The molecule has 0 unspecified atom stereocenters. The number of rotatable bonds is 5. The van der Waals surface area contributed by atoms with Gasteiger partial charge in [-0.05, 0) is 5.56 Å². The Bertz CT molecular complexity index is 622. The molecular weight excluding hydrogens is 268 g/mol. The van der Waals surface area contributed by atoms with Crippen molar-refractivity contribution in [2.45, 2.75) is 12.0 Å². The Morgan fingerprint density at radius 1 is 1.00 bits per heavy atom. The van der Waals surface area contributed by atoms with Crippen LogP contribution in [0.4, 0.5) is 0 Å². The molecule has 21 heavy (non-hydrogen) atoms. The van der Waals surface area contributed by atoms with Gasteiger partial charge in [0, 0.05) is 5.56 Å². The van der Waals surface area contributed by atoms with Gasteiger partial charge in [-0.2, -0.15) is 0 Å². The molecule has 1 atom stereocenters. The van der Waals surface area contributed by atoms with Crippen LogP contribution >= 0.6 is 0 Å². The first-order valence-electron chi connectivity index (χ1n) is 6.52. The highest BCUT2D eigenvalue weighted by molar-refractivity contribution is 6.00. The standard InChI is InChI=1S/C17H16O4/c1-21-16(19)17(20,14-10-6-3-7-11-14)12-15(18)13-8-4-2-5-9-13/h2-11,20H,12H2,1H3/t17-/m0/s1. The second-order valence-corrected chi connectivity index (χ2v) is 4.68. The number of methoxy groups -OCH3 is 1. The fraction of sp³-hybridized carbons (Fsp3) is 0.176. The first-order valence-corrected chi connectivity index (χ1v) is 6.52. The average Bonchev–Trinajstić information content (AvgIpc) is 2.55. The monoisotopic (exact) mass is 284 g/mol. The topological polar surface area (TPSA) is 63.6 Å². The van der Waals surface area contributed by atoms with E-state index in [-0.39, 0.29) is 12.2 Å².